The van der Waals surface area contributed by atoms with E-state index >= 15 is 0 Å². The first-order valence-electron chi connectivity index (χ1n) is 5.86. The van der Waals surface area contributed by atoms with E-state index in [1.807, 2.05) is 6.07 Å². The van der Waals surface area contributed by atoms with Crippen molar-refractivity contribution in [3.63, 3.8) is 0 Å². The van der Waals surface area contributed by atoms with Crippen LogP contribution in [-0.4, -0.2) is 26.7 Å². The molecule has 0 aliphatic carbocycles. The van der Waals surface area contributed by atoms with Crippen molar-refractivity contribution in [1.82, 2.24) is 20.2 Å². The molecule has 0 fully saturated rings. The van der Waals surface area contributed by atoms with Gasteiger partial charge in [0.15, 0.2) is 5.65 Å². The van der Waals surface area contributed by atoms with Crippen molar-refractivity contribution >= 4 is 17.0 Å². The Kier molecular flexibility index (Phi) is 2.68. The number of H-pyrrole nitrogens is 1. The molecule has 92 valence electrons. The van der Waals surface area contributed by atoms with Crippen molar-refractivity contribution in [2.45, 2.75) is 13.3 Å². The number of aromatic amines is 1. The highest BCUT2D eigenvalue weighted by molar-refractivity contribution is 5.90. The van der Waals surface area contributed by atoms with Crippen molar-refractivity contribution in [2.75, 3.05) is 11.9 Å². The zero-order valence-corrected chi connectivity index (χ0v) is 9.97. The summed E-state index contributed by atoms with van der Waals surface area (Å²) in [5.74, 6) is 0.602. The molecular weight excluding hydrogens is 230 g/mol. The Bertz CT molecular complexity index is 644. The fourth-order valence-electron chi connectivity index (χ4n) is 1.77. The first-order chi connectivity index (χ1) is 8.88. The van der Waals surface area contributed by atoms with Gasteiger partial charge in [-0.1, -0.05) is 6.92 Å². The summed E-state index contributed by atoms with van der Waals surface area (Å²) in [4.78, 5) is 8.88. The minimum atomic E-state index is 0.602. The number of rotatable bonds is 4. The van der Waals surface area contributed by atoms with Gasteiger partial charge in [-0.15, -0.1) is 0 Å². The van der Waals surface area contributed by atoms with Gasteiger partial charge in [-0.25, -0.2) is 4.98 Å². The normalized spacial score (nSPS) is 10.9. The van der Waals surface area contributed by atoms with E-state index < -0.39 is 0 Å². The van der Waals surface area contributed by atoms with Crippen LogP contribution in [0.2, 0.25) is 0 Å². The Morgan fingerprint density at radius 3 is 3.11 bits per heavy atom. The number of fused-ring (bicyclic) bond motifs is 1. The minimum absolute atomic E-state index is 0.602. The van der Waals surface area contributed by atoms with Crippen LogP contribution in [0.4, 0.5) is 5.95 Å². The van der Waals surface area contributed by atoms with E-state index in [0.29, 0.717) is 5.95 Å². The second-order valence-electron chi connectivity index (χ2n) is 3.97. The van der Waals surface area contributed by atoms with E-state index in [-0.39, 0.29) is 0 Å². The molecule has 0 saturated carbocycles. The van der Waals surface area contributed by atoms with Crippen LogP contribution in [0, 0.1) is 0 Å². The molecule has 0 aliphatic heterocycles. The van der Waals surface area contributed by atoms with Crippen LogP contribution < -0.4 is 5.32 Å². The highest BCUT2D eigenvalue weighted by Crippen LogP contribution is 2.26. The third-order valence-electron chi connectivity index (χ3n) is 2.64. The lowest BCUT2D eigenvalue weighted by molar-refractivity contribution is 0.568. The van der Waals surface area contributed by atoms with Crippen LogP contribution in [0.5, 0.6) is 0 Å². The summed E-state index contributed by atoms with van der Waals surface area (Å²) >= 11 is 0. The summed E-state index contributed by atoms with van der Waals surface area (Å²) in [5, 5.41) is 10.9. The van der Waals surface area contributed by atoms with Crippen molar-refractivity contribution in [3.8, 4) is 11.3 Å². The molecule has 3 heterocycles. The molecule has 3 aromatic rings. The van der Waals surface area contributed by atoms with Crippen molar-refractivity contribution in [3.05, 3.63) is 24.8 Å². The Morgan fingerprint density at radius 2 is 2.33 bits per heavy atom. The minimum Gasteiger partial charge on any atom is -0.472 e. The van der Waals surface area contributed by atoms with Gasteiger partial charge in [-0.2, -0.15) is 10.1 Å². The summed E-state index contributed by atoms with van der Waals surface area (Å²) < 4.78 is 5.10. The number of hydrogen-bond acceptors (Lipinski definition) is 5. The largest absolute Gasteiger partial charge is 0.472 e. The Hall–Kier alpha value is -2.37. The van der Waals surface area contributed by atoms with Crippen LogP contribution in [0.3, 0.4) is 0 Å². The number of anilines is 1. The maximum absolute atomic E-state index is 5.10. The molecular formula is C12H13N5O. The molecule has 0 aromatic carbocycles. The van der Waals surface area contributed by atoms with Gasteiger partial charge < -0.3 is 9.73 Å². The first-order valence-corrected chi connectivity index (χ1v) is 5.86. The number of furan rings is 1. The molecule has 18 heavy (non-hydrogen) atoms. The van der Waals surface area contributed by atoms with E-state index in [4.69, 9.17) is 4.42 Å². The third kappa shape index (κ3) is 1.81. The lowest BCUT2D eigenvalue weighted by Gasteiger charge is -2.05. The SMILES string of the molecule is CCCNc1nc(-c2ccoc2)c2cn[nH]c2n1. The zero-order chi connectivity index (χ0) is 12.4. The fourth-order valence-corrected chi connectivity index (χ4v) is 1.77. The quantitative estimate of drug-likeness (QED) is 0.735. The summed E-state index contributed by atoms with van der Waals surface area (Å²) in [6.45, 7) is 2.93. The van der Waals surface area contributed by atoms with Gasteiger partial charge in [0.2, 0.25) is 5.95 Å². The van der Waals surface area contributed by atoms with Crippen molar-refractivity contribution in [2.24, 2.45) is 0 Å². The van der Waals surface area contributed by atoms with Gasteiger partial charge in [0.25, 0.3) is 0 Å². The standard InChI is InChI=1S/C12H13N5O/c1-2-4-13-12-15-10(8-3-5-18-7-8)9-6-14-17-11(9)16-12/h3,5-7H,2,4H2,1H3,(H2,13,14,15,16,17). The van der Waals surface area contributed by atoms with Gasteiger partial charge in [-0.05, 0) is 12.5 Å². The first kappa shape index (κ1) is 10.8. The van der Waals surface area contributed by atoms with Gasteiger partial charge in [0.05, 0.1) is 29.8 Å². The van der Waals surface area contributed by atoms with E-state index in [1.54, 1.807) is 18.7 Å². The molecule has 2 N–H and O–H groups in total. The molecule has 0 atom stereocenters. The maximum atomic E-state index is 5.10. The van der Waals surface area contributed by atoms with Gasteiger partial charge >= 0.3 is 0 Å². The fraction of sp³-hybridized carbons (Fsp3) is 0.250. The Balaban J connectivity index is 2.12. The van der Waals surface area contributed by atoms with E-state index in [2.05, 4.69) is 32.4 Å². The van der Waals surface area contributed by atoms with Crippen molar-refractivity contribution < 1.29 is 4.42 Å². The predicted octanol–water partition coefficient (Wildman–Crippen LogP) is 2.43. The van der Waals surface area contributed by atoms with Gasteiger partial charge in [0.1, 0.15) is 0 Å². The molecule has 6 heteroatoms. The molecule has 0 bridgehead atoms. The Labute approximate surface area is 103 Å². The predicted molar refractivity (Wildman–Crippen MR) is 68.2 cm³/mol. The zero-order valence-electron chi connectivity index (χ0n) is 9.97. The highest BCUT2D eigenvalue weighted by Gasteiger charge is 2.11. The number of nitrogens with one attached hydrogen (secondary N) is 2. The molecule has 3 rings (SSSR count). The number of hydrogen-bond donors (Lipinski definition) is 2. The van der Waals surface area contributed by atoms with Crippen molar-refractivity contribution in [1.29, 1.82) is 0 Å². The second-order valence-corrected chi connectivity index (χ2v) is 3.97. The lowest BCUT2D eigenvalue weighted by Crippen LogP contribution is -2.05. The van der Waals surface area contributed by atoms with E-state index in [1.165, 1.54) is 0 Å². The van der Waals surface area contributed by atoms with Crippen LogP contribution in [0.1, 0.15) is 13.3 Å². The second kappa shape index (κ2) is 4.48. The summed E-state index contributed by atoms with van der Waals surface area (Å²) in [5.41, 5.74) is 2.46. The summed E-state index contributed by atoms with van der Waals surface area (Å²) in [7, 11) is 0. The summed E-state index contributed by atoms with van der Waals surface area (Å²) in [6.07, 6.45) is 6.04. The lowest BCUT2D eigenvalue weighted by atomic mass is 10.2. The summed E-state index contributed by atoms with van der Waals surface area (Å²) in [6, 6.07) is 1.87. The van der Waals surface area contributed by atoms with Gasteiger partial charge in [0, 0.05) is 12.1 Å². The molecule has 6 nitrogen and oxygen atoms in total. The van der Waals surface area contributed by atoms with Crippen LogP contribution in [0.25, 0.3) is 22.3 Å². The van der Waals surface area contributed by atoms with Crippen LogP contribution >= 0.6 is 0 Å². The van der Waals surface area contributed by atoms with E-state index in [0.717, 1.165) is 35.3 Å². The average Bonchev–Trinajstić information content (AvgIpc) is 3.05. The molecule has 3 aromatic heterocycles. The molecule has 0 radical (unpaired) electrons. The van der Waals surface area contributed by atoms with Crippen LogP contribution in [0.15, 0.2) is 29.2 Å². The smallest absolute Gasteiger partial charge is 0.225 e. The molecule has 0 saturated heterocycles. The maximum Gasteiger partial charge on any atom is 0.225 e. The molecule has 0 aliphatic rings. The molecule has 0 spiro atoms. The van der Waals surface area contributed by atoms with Crippen LogP contribution in [-0.2, 0) is 0 Å². The molecule has 0 amide bonds. The topological polar surface area (TPSA) is 79.6 Å². The monoisotopic (exact) mass is 243 g/mol. The number of aromatic nitrogens is 4. The Morgan fingerprint density at radius 1 is 1.39 bits per heavy atom. The van der Waals surface area contributed by atoms with Gasteiger partial charge in [-0.3, -0.25) is 5.10 Å². The average molecular weight is 243 g/mol. The third-order valence-corrected chi connectivity index (χ3v) is 2.64. The van der Waals surface area contributed by atoms with E-state index in [9.17, 15) is 0 Å². The highest BCUT2D eigenvalue weighted by atomic mass is 16.3. The molecule has 0 unspecified atom stereocenters. The number of nitrogens with zero attached hydrogens (tertiary/aromatic N) is 3.